The SMILES string of the molecule is O[C@H]1CCCC/C1=C/c1ccccc1. The van der Waals surface area contributed by atoms with Crippen LogP contribution in [0.2, 0.25) is 0 Å². The van der Waals surface area contributed by atoms with Gasteiger partial charge in [-0.2, -0.15) is 0 Å². The first-order chi connectivity index (χ1) is 6.86. The van der Waals surface area contributed by atoms with Gasteiger partial charge in [0.05, 0.1) is 6.10 Å². The maximum Gasteiger partial charge on any atom is 0.0753 e. The highest BCUT2D eigenvalue weighted by molar-refractivity contribution is 5.53. The van der Waals surface area contributed by atoms with Gasteiger partial charge in [0.15, 0.2) is 0 Å². The fourth-order valence-corrected chi connectivity index (χ4v) is 1.95. The van der Waals surface area contributed by atoms with Crippen LogP contribution in [0.1, 0.15) is 31.2 Å². The third kappa shape index (κ3) is 2.24. The molecule has 0 heterocycles. The summed E-state index contributed by atoms with van der Waals surface area (Å²) >= 11 is 0. The lowest BCUT2D eigenvalue weighted by Gasteiger charge is -2.20. The van der Waals surface area contributed by atoms with Gasteiger partial charge in [-0.1, -0.05) is 42.8 Å². The van der Waals surface area contributed by atoms with Crippen molar-refractivity contribution < 1.29 is 5.11 Å². The quantitative estimate of drug-likeness (QED) is 0.718. The van der Waals surface area contributed by atoms with Crippen LogP contribution in [-0.4, -0.2) is 11.2 Å². The molecule has 0 aromatic heterocycles. The van der Waals surface area contributed by atoms with Crippen molar-refractivity contribution >= 4 is 6.08 Å². The van der Waals surface area contributed by atoms with E-state index in [1.54, 1.807) is 0 Å². The maximum atomic E-state index is 9.76. The molecule has 1 atom stereocenters. The zero-order chi connectivity index (χ0) is 9.80. The Hall–Kier alpha value is -1.08. The second-order valence-corrected chi connectivity index (χ2v) is 3.89. The largest absolute Gasteiger partial charge is 0.389 e. The molecule has 1 nitrogen and oxygen atoms in total. The lowest BCUT2D eigenvalue weighted by Crippen LogP contribution is -2.14. The minimum atomic E-state index is -0.205. The second kappa shape index (κ2) is 4.43. The Balaban J connectivity index is 2.17. The molecule has 1 N–H and O–H groups in total. The molecule has 1 aliphatic rings. The molecule has 0 bridgehead atoms. The topological polar surface area (TPSA) is 20.2 Å². The molecular formula is C13H16O. The average Bonchev–Trinajstić information content (AvgIpc) is 2.23. The molecule has 0 saturated heterocycles. The minimum absolute atomic E-state index is 0.205. The number of benzene rings is 1. The molecule has 14 heavy (non-hydrogen) atoms. The van der Waals surface area contributed by atoms with Gasteiger partial charge in [-0.25, -0.2) is 0 Å². The summed E-state index contributed by atoms with van der Waals surface area (Å²) in [6.45, 7) is 0. The van der Waals surface area contributed by atoms with E-state index in [1.807, 2.05) is 18.2 Å². The van der Waals surface area contributed by atoms with E-state index < -0.39 is 0 Å². The van der Waals surface area contributed by atoms with Gasteiger partial charge in [-0.15, -0.1) is 0 Å². The molecule has 1 aliphatic carbocycles. The highest BCUT2D eigenvalue weighted by atomic mass is 16.3. The molecular weight excluding hydrogens is 172 g/mol. The van der Waals surface area contributed by atoms with Crippen molar-refractivity contribution in [3.63, 3.8) is 0 Å². The summed E-state index contributed by atoms with van der Waals surface area (Å²) in [7, 11) is 0. The lowest BCUT2D eigenvalue weighted by molar-refractivity contribution is 0.180. The summed E-state index contributed by atoms with van der Waals surface area (Å²) in [4.78, 5) is 0. The van der Waals surface area contributed by atoms with Crippen molar-refractivity contribution in [2.45, 2.75) is 31.8 Å². The molecule has 2 rings (SSSR count). The third-order valence-electron chi connectivity index (χ3n) is 2.77. The number of aliphatic hydroxyl groups is 1. The van der Waals surface area contributed by atoms with E-state index in [0.717, 1.165) is 19.3 Å². The Morgan fingerprint density at radius 3 is 2.64 bits per heavy atom. The highest BCUT2D eigenvalue weighted by Crippen LogP contribution is 2.25. The van der Waals surface area contributed by atoms with E-state index >= 15 is 0 Å². The van der Waals surface area contributed by atoms with Crippen LogP contribution < -0.4 is 0 Å². The van der Waals surface area contributed by atoms with Crippen LogP contribution in [0.3, 0.4) is 0 Å². The average molecular weight is 188 g/mol. The van der Waals surface area contributed by atoms with Crippen molar-refractivity contribution in [2.75, 3.05) is 0 Å². The predicted octanol–water partition coefficient (Wildman–Crippen LogP) is 3.00. The zero-order valence-electron chi connectivity index (χ0n) is 8.32. The summed E-state index contributed by atoms with van der Waals surface area (Å²) < 4.78 is 0. The smallest absolute Gasteiger partial charge is 0.0753 e. The maximum absolute atomic E-state index is 9.76. The molecule has 0 radical (unpaired) electrons. The number of rotatable bonds is 1. The van der Waals surface area contributed by atoms with E-state index in [9.17, 15) is 5.11 Å². The van der Waals surface area contributed by atoms with Crippen molar-refractivity contribution in [1.29, 1.82) is 0 Å². The van der Waals surface area contributed by atoms with Crippen molar-refractivity contribution in [2.24, 2.45) is 0 Å². The third-order valence-corrected chi connectivity index (χ3v) is 2.77. The van der Waals surface area contributed by atoms with Crippen LogP contribution >= 0.6 is 0 Å². The number of hydrogen-bond acceptors (Lipinski definition) is 1. The normalized spacial score (nSPS) is 25.2. The fraction of sp³-hybridized carbons (Fsp3) is 0.385. The van der Waals surface area contributed by atoms with E-state index in [4.69, 9.17) is 0 Å². The first-order valence-electron chi connectivity index (χ1n) is 5.30. The molecule has 0 aliphatic heterocycles. The van der Waals surface area contributed by atoms with Gasteiger partial charge in [0, 0.05) is 0 Å². The van der Waals surface area contributed by atoms with Gasteiger partial charge < -0.3 is 5.11 Å². The highest BCUT2D eigenvalue weighted by Gasteiger charge is 2.15. The minimum Gasteiger partial charge on any atom is -0.389 e. The van der Waals surface area contributed by atoms with Gasteiger partial charge in [-0.05, 0) is 30.4 Å². The van der Waals surface area contributed by atoms with E-state index in [0.29, 0.717) is 0 Å². The summed E-state index contributed by atoms with van der Waals surface area (Å²) in [6, 6.07) is 10.2. The van der Waals surface area contributed by atoms with Crippen molar-refractivity contribution in [3.8, 4) is 0 Å². The van der Waals surface area contributed by atoms with Crippen LogP contribution in [0.4, 0.5) is 0 Å². The first-order valence-corrected chi connectivity index (χ1v) is 5.30. The summed E-state index contributed by atoms with van der Waals surface area (Å²) in [5.41, 5.74) is 2.39. The second-order valence-electron chi connectivity index (χ2n) is 3.89. The molecule has 1 fully saturated rings. The van der Waals surface area contributed by atoms with Gasteiger partial charge in [0.1, 0.15) is 0 Å². The van der Waals surface area contributed by atoms with Crippen LogP contribution in [-0.2, 0) is 0 Å². The zero-order valence-corrected chi connectivity index (χ0v) is 8.32. The van der Waals surface area contributed by atoms with Crippen LogP contribution in [0.25, 0.3) is 6.08 Å². The Morgan fingerprint density at radius 2 is 1.93 bits per heavy atom. The molecule has 1 aromatic carbocycles. The number of aliphatic hydroxyl groups excluding tert-OH is 1. The van der Waals surface area contributed by atoms with Crippen LogP contribution in [0, 0.1) is 0 Å². The summed E-state index contributed by atoms with van der Waals surface area (Å²) in [5.74, 6) is 0. The monoisotopic (exact) mass is 188 g/mol. The molecule has 0 spiro atoms. The Morgan fingerprint density at radius 1 is 1.14 bits per heavy atom. The molecule has 1 saturated carbocycles. The summed E-state index contributed by atoms with van der Waals surface area (Å²) in [6.07, 6.45) is 6.28. The summed E-state index contributed by atoms with van der Waals surface area (Å²) in [5, 5.41) is 9.76. The predicted molar refractivity (Wildman–Crippen MR) is 58.9 cm³/mol. The van der Waals surface area contributed by atoms with E-state index in [1.165, 1.54) is 17.6 Å². The first kappa shape index (κ1) is 9.47. The molecule has 74 valence electrons. The van der Waals surface area contributed by atoms with Crippen molar-refractivity contribution in [1.82, 2.24) is 0 Å². The van der Waals surface area contributed by atoms with Gasteiger partial charge in [-0.3, -0.25) is 0 Å². The van der Waals surface area contributed by atoms with Gasteiger partial charge in [0.2, 0.25) is 0 Å². The molecule has 1 aromatic rings. The fourth-order valence-electron chi connectivity index (χ4n) is 1.95. The van der Waals surface area contributed by atoms with Crippen LogP contribution in [0.15, 0.2) is 35.9 Å². The Bertz CT molecular complexity index is 313. The van der Waals surface area contributed by atoms with Crippen LogP contribution in [0.5, 0.6) is 0 Å². The molecule has 0 unspecified atom stereocenters. The van der Waals surface area contributed by atoms with Gasteiger partial charge in [0.25, 0.3) is 0 Å². The van der Waals surface area contributed by atoms with Crippen molar-refractivity contribution in [3.05, 3.63) is 41.5 Å². The lowest BCUT2D eigenvalue weighted by atomic mass is 9.91. The van der Waals surface area contributed by atoms with Gasteiger partial charge >= 0.3 is 0 Å². The van der Waals surface area contributed by atoms with E-state index in [-0.39, 0.29) is 6.10 Å². The standard InChI is InChI=1S/C13H16O/c14-13-9-5-4-8-12(13)10-11-6-2-1-3-7-11/h1-3,6-7,10,13-14H,4-5,8-9H2/b12-10-/t13-/m0/s1. The molecule has 0 amide bonds. The Labute approximate surface area is 85.1 Å². The van der Waals surface area contributed by atoms with E-state index in [2.05, 4.69) is 18.2 Å². The molecule has 1 heteroatoms. The Kier molecular flexibility index (Phi) is 3.00. The number of hydrogen-bond donors (Lipinski definition) is 1.